The van der Waals surface area contributed by atoms with Crippen LogP contribution in [0.25, 0.3) is 0 Å². The Morgan fingerprint density at radius 1 is 1.53 bits per heavy atom. The zero-order valence-electron chi connectivity index (χ0n) is 8.85. The van der Waals surface area contributed by atoms with E-state index in [1.54, 1.807) is 6.07 Å². The molecule has 1 aromatic carbocycles. The van der Waals surface area contributed by atoms with Crippen LogP contribution in [0, 0.1) is 12.7 Å². The predicted octanol–water partition coefficient (Wildman–Crippen LogP) is 3.08. The summed E-state index contributed by atoms with van der Waals surface area (Å²) in [5.41, 5.74) is 1.68. The molecule has 0 aliphatic heterocycles. The molecule has 1 rings (SSSR count). The van der Waals surface area contributed by atoms with Gasteiger partial charge in [0.2, 0.25) is 0 Å². The minimum atomic E-state index is -0.392. The molecule has 15 heavy (non-hydrogen) atoms. The molecule has 0 aromatic heterocycles. The van der Waals surface area contributed by atoms with Crippen LogP contribution in [0.1, 0.15) is 18.9 Å². The summed E-state index contributed by atoms with van der Waals surface area (Å²) in [6, 6.07) is 3.15. The van der Waals surface area contributed by atoms with Gasteiger partial charge in [0.05, 0.1) is 10.6 Å². The molecular weight excluding hydrogens is 261 g/mol. The zero-order valence-corrected chi connectivity index (χ0v) is 10.4. The van der Waals surface area contributed by atoms with Crippen LogP contribution >= 0.6 is 15.9 Å². The van der Waals surface area contributed by atoms with Gasteiger partial charge in [0.1, 0.15) is 5.82 Å². The van der Waals surface area contributed by atoms with Crippen LogP contribution < -0.4 is 5.32 Å². The van der Waals surface area contributed by atoms with Crippen LogP contribution in [-0.4, -0.2) is 17.8 Å². The predicted molar refractivity (Wildman–Crippen MR) is 63.6 cm³/mol. The number of aliphatic hydroxyl groups is 1. The second kappa shape index (κ2) is 5.47. The maximum atomic E-state index is 13.2. The van der Waals surface area contributed by atoms with Gasteiger partial charge in [-0.15, -0.1) is 0 Å². The molecule has 0 bridgehead atoms. The Labute approximate surface area is 97.6 Å². The molecule has 0 saturated heterocycles. The van der Waals surface area contributed by atoms with Crippen molar-refractivity contribution >= 4 is 21.6 Å². The van der Waals surface area contributed by atoms with E-state index in [1.807, 2.05) is 13.8 Å². The molecule has 0 aliphatic rings. The third-order valence-electron chi connectivity index (χ3n) is 2.27. The fraction of sp³-hybridized carbons (Fsp3) is 0.455. The van der Waals surface area contributed by atoms with Crippen LogP contribution in [0.4, 0.5) is 10.1 Å². The van der Waals surface area contributed by atoms with Crippen molar-refractivity contribution in [1.29, 1.82) is 0 Å². The lowest BCUT2D eigenvalue weighted by atomic mass is 10.2. The Hall–Kier alpha value is -0.610. The van der Waals surface area contributed by atoms with Gasteiger partial charge in [-0.25, -0.2) is 4.39 Å². The summed E-state index contributed by atoms with van der Waals surface area (Å²) in [6.45, 7) is 4.24. The van der Waals surface area contributed by atoms with Crippen molar-refractivity contribution in [2.45, 2.75) is 26.4 Å². The molecule has 0 spiro atoms. The van der Waals surface area contributed by atoms with E-state index < -0.39 is 6.10 Å². The first-order valence-corrected chi connectivity index (χ1v) is 5.71. The second-order valence-electron chi connectivity index (χ2n) is 3.52. The van der Waals surface area contributed by atoms with E-state index in [4.69, 9.17) is 0 Å². The summed E-state index contributed by atoms with van der Waals surface area (Å²) < 4.78 is 13.7. The van der Waals surface area contributed by atoms with Crippen LogP contribution in [0.3, 0.4) is 0 Å². The van der Waals surface area contributed by atoms with Crippen LogP contribution in [0.15, 0.2) is 16.6 Å². The van der Waals surface area contributed by atoms with E-state index >= 15 is 0 Å². The van der Waals surface area contributed by atoms with Crippen molar-refractivity contribution < 1.29 is 9.50 Å². The average molecular weight is 276 g/mol. The summed E-state index contributed by atoms with van der Waals surface area (Å²) in [4.78, 5) is 0. The SMILES string of the molecule is CCC(O)CNc1cc(F)c(Br)cc1C. The van der Waals surface area contributed by atoms with E-state index in [0.29, 0.717) is 17.4 Å². The number of halogens is 2. The maximum Gasteiger partial charge on any atom is 0.139 e. The monoisotopic (exact) mass is 275 g/mol. The Balaban J connectivity index is 2.73. The minimum absolute atomic E-state index is 0.297. The summed E-state index contributed by atoms with van der Waals surface area (Å²) in [7, 11) is 0. The van der Waals surface area contributed by atoms with E-state index in [1.165, 1.54) is 6.07 Å². The van der Waals surface area contributed by atoms with Gasteiger partial charge in [-0.1, -0.05) is 6.92 Å². The van der Waals surface area contributed by atoms with Crippen molar-refractivity contribution in [2.24, 2.45) is 0 Å². The molecular formula is C11H15BrFNO. The number of aliphatic hydroxyl groups excluding tert-OH is 1. The fourth-order valence-corrected chi connectivity index (χ4v) is 1.67. The van der Waals surface area contributed by atoms with Crippen molar-refractivity contribution in [3.63, 3.8) is 0 Å². The zero-order chi connectivity index (χ0) is 11.4. The molecule has 1 unspecified atom stereocenters. The molecule has 0 amide bonds. The standard InChI is InChI=1S/C11H15BrFNO/c1-3-8(15)6-14-11-5-10(13)9(12)4-7(11)2/h4-5,8,14-15H,3,6H2,1-2H3. The molecule has 1 atom stereocenters. The molecule has 1 aromatic rings. The fourth-order valence-electron chi connectivity index (χ4n) is 1.21. The first kappa shape index (κ1) is 12.5. The lowest BCUT2D eigenvalue weighted by molar-refractivity contribution is 0.183. The molecule has 0 heterocycles. The molecule has 0 radical (unpaired) electrons. The highest BCUT2D eigenvalue weighted by Crippen LogP contribution is 2.23. The van der Waals surface area contributed by atoms with E-state index in [-0.39, 0.29) is 5.82 Å². The molecule has 0 saturated carbocycles. The van der Waals surface area contributed by atoms with Gasteiger partial charge >= 0.3 is 0 Å². The second-order valence-corrected chi connectivity index (χ2v) is 4.38. The first-order chi connectivity index (χ1) is 7.04. The number of hydrogen-bond acceptors (Lipinski definition) is 2. The highest BCUT2D eigenvalue weighted by Gasteiger charge is 2.06. The number of aryl methyl sites for hydroxylation is 1. The van der Waals surface area contributed by atoms with Crippen molar-refractivity contribution in [3.8, 4) is 0 Å². The molecule has 0 fully saturated rings. The number of nitrogens with one attached hydrogen (secondary N) is 1. The van der Waals surface area contributed by atoms with Crippen molar-refractivity contribution in [1.82, 2.24) is 0 Å². The van der Waals surface area contributed by atoms with Gasteiger partial charge in [-0.3, -0.25) is 0 Å². The highest BCUT2D eigenvalue weighted by atomic mass is 79.9. The average Bonchev–Trinajstić information content (AvgIpc) is 2.21. The van der Waals surface area contributed by atoms with Gasteiger partial charge in [0.15, 0.2) is 0 Å². The van der Waals surface area contributed by atoms with Crippen LogP contribution in [-0.2, 0) is 0 Å². The highest BCUT2D eigenvalue weighted by molar-refractivity contribution is 9.10. The van der Waals surface area contributed by atoms with Crippen LogP contribution in [0.2, 0.25) is 0 Å². The first-order valence-electron chi connectivity index (χ1n) is 4.92. The van der Waals surface area contributed by atoms with E-state index in [2.05, 4.69) is 21.2 Å². The summed E-state index contributed by atoms with van der Waals surface area (Å²) >= 11 is 3.12. The van der Waals surface area contributed by atoms with E-state index in [9.17, 15) is 9.50 Å². The number of anilines is 1. The van der Waals surface area contributed by atoms with Gasteiger partial charge in [-0.2, -0.15) is 0 Å². The summed E-state index contributed by atoms with van der Waals surface area (Å²) in [6.07, 6.45) is 0.293. The Morgan fingerprint density at radius 3 is 2.80 bits per heavy atom. The third-order valence-corrected chi connectivity index (χ3v) is 2.87. The van der Waals surface area contributed by atoms with Gasteiger partial charge < -0.3 is 10.4 Å². The molecule has 2 nitrogen and oxygen atoms in total. The number of hydrogen-bond donors (Lipinski definition) is 2. The molecule has 4 heteroatoms. The van der Waals surface area contributed by atoms with Gasteiger partial charge in [-0.05, 0) is 47.0 Å². The Morgan fingerprint density at radius 2 is 2.20 bits per heavy atom. The van der Waals surface area contributed by atoms with Gasteiger partial charge in [0.25, 0.3) is 0 Å². The third kappa shape index (κ3) is 3.47. The normalized spacial score (nSPS) is 12.6. The lowest BCUT2D eigenvalue weighted by Gasteiger charge is -2.13. The van der Waals surface area contributed by atoms with Gasteiger partial charge in [0, 0.05) is 12.2 Å². The van der Waals surface area contributed by atoms with Crippen molar-refractivity contribution in [3.05, 3.63) is 28.0 Å². The quantitative estimate of drug-likeness (QED) is 0.885. The Bertz CT molecular complexity index is 344. The molecule has 84 valence electrons. The lowest BCUT2D eigenvalue weighted by Crippen LogP contribution is -2.18. The maximum absolute atomic E-state index is 13.2. The van der Waals surface area contributed by atoms with E-state index in [0.717, 1.165) is 11.3 Å². The topological polar surface area (TPSA) is 32.3 Å². The van der Waals surface area contributed by atoms with Crippen molar-refractivity contribution in [2.75, 3.05) is 11.9 Å². The summed E-state index contributed by atoms with van der Waals surface area (Å²) in [5.74, 6) is -0.297. The smallest absolute Gasteiger partial charge is 0.139 e. The molecule has 2 N–H and O–H groups in total. The summed E-state index contributed by atoms with van der Waals surface area (Å²) in [5, 5.41) is 12.4. The number of benzene rings is 1. The minimum Gasteiger partial charge on any atom is -0.391 e. The van der Waals surface area contributed by atoms with Crippen LogP contribution in [0.5, 0.6) is 0 Å². The molecule has 0 aliphatic carbocycles. The Kier molecular flexibility index (Phi) is 4.54. The number of rotatable bonds is 4. The largest absolute Gasteiger partial charge is 0.391 e.